The molecule has 0 radical (unpaired) electrons. The zero-order valence-electron chi connectivity index (χ0n) is 9.92. The summed E-state index contributed by atoms with van der Waals surface area (Å²) in [6.07, 6.45) is 4.03. The predicted octanol–water partition coefficient (Wildman–Crippen LogP) is 2.85. The molecule has 0 aromatic heterocycles. The van der Waals surface area contributed by atoms with E-state index < -0.39 is 0 Å². The van der Waals surface area contributed by atoms with Crippen LogP contribution in [0.2, 0.25) is 0 Å². The van der Waals surface area contributed by atoms with Gasteiger partial charge in [-0.3, -0.25) is 4.79 Å². The fourth-order valence-corrected chi connectivity index (χ4v) is 2.41. The Morgan fingerprint density at radius 1 is 1.29 bits per heavy atom. The molecule has 17 heavy (non-hydrogen) atoms. The minimum Gasteiger partial charge on any atom is -0.356 e. The Bertz CT molecular complexity index is 392. The van der Waals surface area contributed by atoms with E-state index in [1.807, 2.05) is 12.1 Å². The molecule has 0 saturated heterocycles. The lowest BCUT2D eigenvalue weighted by Gasteiger charge is -2.28. The highest BCUT2D eigenvalue weighted by Crippen LogP contribution is 2.34. The Hall–Kier alpha value is -1.02. The monoisotopic (exact) mass is 251 g/mol. The number of rotatable bonds is 6. The zero-order chi connectivity index (χ0) is 12.1. The Labute approximate surface area is 107 Å². The normalized spacial score (nSPS) is 17.1. The lowest BCUT2D eigenvalue weighted by Crippen LogP contribution is -2.35. The number of fused-ring (bicyclic) bond motifs is 1. The number of hydrogen-bond donors (Lipinski definition) is 1. The van der Waals surface area contributed by atoms with E-state index in [9.17, 15) is 4.79 Å². The van der Waals surface area contributed by atoms with Gasteiger partial charge in [0.25, 0.3) is 0 Å². The minimum atomic E-state index is 0.0826. The molecule has 0 fully saturated rings. The van der Waals surface area contributed by atoms with E-state index in [0.717, 1.165) is 32.2 Å². The van der Waals surface area contributed by atoms with Crippen molar-refractivity contribution in [2.45, 2.75) is 31.6 Å². The number of alkyl halides is 1. The van der Waals surface area contributed by atoms with Crippen LogP contribution in [-0.2, 0) is 11.2 Å². The van der Waals surface area contributed by atoms with Crippen molar-refractivity contribution < 1.29 is 4.79 Å². The fraction of sp³-hybridized carbons (Fsp3) is 0.500. The third kappa shape index (κ3) is 3.01. The molecule has 1 aliphatic rings. The summed E-state index contributed by atoms with van der Waals surface area (Å²) in [6, 6.07) is 8.17. The first-order chi connectivity index (χ1) is 8.33. The number of unbranched alkanes of at least 4 members (excludes halogenated alkanes) is 2. The van der Waals surface area contributed by atoms with Crippen molar-refractivity contribution in [2.75, 3.05) is 12.4 Å². The highest BCUT2D eigenvalue weighted by Gasteiger charge is 2.31. The average Bonchev–Trinajstić information content (AvgIpc) is 2.30. The number of carbonyl (C=O) groups is 1. The van der Waals surface area contributed by atoms with E-state index in [1.165, 1.54) is 11.1 Å². The van der Waals surface area contributed by atoms with Crippen LogP contribution in [0.1, 0.15) is 36.3 Å². The first-order valence-corrected chi connectivity index (χ1v) is 6.78. The second-order valence-electron chi connectivity index (χ2n) is 4.50. The first-order valence-electron chi connectivity index (χ1n) is 6.24. The molecule has 3 heteroatoms. The fourth-order valence-electron chi connectivity index (χ4n) is 2.22. The van der Waals surface area contributed by atoms with Crippen LogP contribution in [-0.4, -0.2) is 18.3 Å². The number of nitrogens with one attached hydrogen (secondary N) is 1. The summed E-state index contributed by atoms with van der Waals surface area (Å²) in [6.45, 7) is 0.772. The number of hydrogen-bond acceptors (Lipinski definition) is 1. The molecule has 0 heterocycles. The smallest absolute Gasteiger partial charge is 0.227 e. The van der Waals surface area contributed by atoms with Gasteiger partial charge in [-0.2, -0.15) is 0 Å². The second kappa shape index (κ2) is 6.06. The Morgan fingerprint density at radius 2 is 2.12 bits per heavy atom. The van der Waals surface area contributed by atoms with Crippen molar-refractivity contribution >= 4 is 17.5 Å². The van der Waals surface area contributed by atoms with E-state index in [1.54, 1.807) is 0 Å². The van der Waals surface area contributed by atoms with Gasteiger partial charge in [0.1, 0.15) is 0 Å². The largest absolute Gasteiger partial charge is 0.356 e. The highest BCUT2D eigenvalue weighted by molar-refractivity contribution is 6.17. The zero-order valence-corrected chi connectivity index (χ0v) is 10.7. The second-order valence-corrected chi connectivity index (χ2v) is 4.87. The van der Waals surface area contributed by atoms with Gasteiger partial charge in [0.05, 0.1) is 5.92 Å². The number of benzene rings is 1. The third-order valence-corrected chi connectivity index (χ3v) is 3.55. The van der Waals surface area contributed by atoms with Crippen LogP contribution < -0.4 is 5.32 Å². The molecule has 92 valence electrons. The topological polar surface area (TPSA) is 29.1 Å². The molecule has 2 nitrogen and oxygen atoms in total. The first kappa shape index (κ1) is 12.4. The molecule has 0 spiro atoms. The molecule has 0 aliphatic heterocycles. The van der Waals surface area contributed by atoms with Crippen molar-refractivity contribution in [3.63, 3.8) is 0 Å². The SMILES string of the molecule is O=C(NCCCCCCl)C1Cc2ccccc21. The van der Waals surface area contributed by atoms with Crippen LogP contribution in [0.5, 0.6) is 0 Å². The summed E-state index contributed by atoms with van der Waals surface area (Å²) < 4.78 is 0. The number of amides is 1. The summed E-state index contributed by atoms with van der Waals surface area (Å²) in [5.41, 5.74) is 2.51. The molecule has 1 aliphatic carbocycles. The minimum absolute atomic E-state index is 0.0826. The van der Waals surface area contributed by atoms with Crippen LogP contribution in [0, 0.1) is 0 Å². The maximum Gasteiger partial charge on any atom is 0.227 e. The summed E-state index contributed by atoms with van der Waals surface area (Å²) in [5, 5.41) is 3.00. The van der Waals surface area contributed by atoms with Gasteiger partial charge in [-0.15, -0.1) is 11.6 Å². The lowest BCUT2D eigenvalue weighted by atomic mass is 9.77. The molecule has 1 atom stereocenters. The standard InChI is InChI=1S/C14H18ClNO/c15-8-4-1-5-9-16-14(17)13-10-11-6-2-3-7-12(11)13/h2-3,6-7,13H,1,4-5,8-10H2,(H,16,17). The van der Waals surface area contributed by atoms with E-state index in [0.29, 0.717) is 5.88 Å². The molecular formula is C14H18ClNO. The van der Waals surface area contributed by atoms with Crippen LogP contribution in [0.15, 0.2) is 24.3 Å². The molecule has 2 rings (SSSR count). The molecular weight excluding hydrogens is 234 g/mol. The van der Waals surface area contributed by atoms with E-state index in [2.05, 4.69) is 17.4 Å². The van der Waals surface area contributed by atoms with Crippen molar-refractivity contribution in [3.8, 4) is 0 Å². The Morgan fingerprint density at radius 3 is 2.88 bits per heavy atom. The van der Waals surface area contributed by atoms with E-state index in [-0.39, 0.29) is 11.8 Å². The summed E-state index contributed by atoms with van der Waals surface area (Å²) in [7, 11) is 0. The van der Waals surface area contributed by atoms with Crippen LogP contribution >= 0.6 is 11.6 Å². The molecule has 0 bridgehead atoms. The molecule has 1 unspecified atom stereocenters. The van der Waals surface area contributed by atoms with Gasteiger partial charge in [-0.05, 0) is 30.4 Å². The summed E-state index contributed by atoms with van der Waals surface area (Å²) >= 11 is 5.59. The van der Waals surface area contributed by atoms with Gasteiger partial charge in [0.15, 0.2) is 0 Å². The molecule has 0 saturated carbocycles. The van der Waals surface area contributed by atoms with Gasteiger partial charge < -0.3 is 5.32 Å². The Kier molecular flexibility index (Phi) is 4.43. The van der Waals surface area contributed by atoms with Crippen molar-refractivity contribution in [2.24, 2.45) is 0 Å². The van der Waals surface area contributed by atoms with Crippen molar-refractivity contribution in [1.82, 2.24) is 5.32 Å². The predicted molar refractivity (Wildman–Crippen MR) is 70.5 cm³/mol. The molecule has 1 N–H and O–H groups in total. The quantitative estimate of drug-likeness (QED) is 0.611. The van der Waals surface area contributed by atoms with Crippen molar-refractivity contribution in [1.29, 1.82) is 0 Å². The molecule has 1 amide bonds. The van der Waals surface area contributed by atoms with Crippen molar-refractivity contribution in [3.05, 3.63) is 35.4 Å². The third-order valence-electron chi connectivity index (χ3n) is 3.28. The van der Waals surface area contributed by atoms with E-state index in [4.69, 9.17) is 11.6 Å². The van der Waals surface area contributed by atoms with E-state index >= 15 is 0 Å². The number of halogens is 1. The van der Waals surface area contributed by atoms with Crippen LogP contribution in [0.25, 0.3) is 0 Å². The molecule has 1 aromatic rings. The van der Waals surface area contributed by atoms with Gasteiger partial charge in [-0.1, -0.05) is 30.7 Å². The molecule has 1 aromatic carbocycles. The average molecular weight is 252 g/mol. The van der Waals surface area contributed by atoms with Crippen LogP contribution in [0.4, 0.5) is 0 Å². The van der Waals surface area contributed by atoms with Gasteiger partial charge in [-0.25, -0.2) is 0 Å². The van der Waals surface area contributed by atoms with Crippen LogP contribution in [0.3, 0.4) is 0 Å². The maximum atomic E-state index is 11.9. The maximum absolute atomic E-state index is 11.9. The number of carbonyl (C=O) groups excluding carboxylic acids is 1. The van der Waals surface area contributed by atoms with Gasteiger partial charge in [0.2, 0.25) is 5.91 Å². The summed E-state index contributed by atoms with van der Waals surface area (Å²) in [4.78, 5) is 11.9. The van der Waals surface area contributed by atoms with Gasteiger partial charge in [0, 0.05) is 12.4 Å². The Balaban J connectivity index is 1.72. The lowest BCUT2D eigenvalue weighted by molar-refractivity contribution is -0.123. The highest BCUT2D eigenvalue weighted by atomic mass is 35.5. The summed E-state index contributed by atoms with van der Waals surface area (Å²) in [5.74, 6) is 0.970. The van der Waals surface area contributed by atoms with Gasteiger partial charge >= 0.3 is 0 Å².